The first-order valence-corrected chi connectivity index (χ1v) is 10.5. The maximum atomic E-state index is 12.7. The van der Waals surface area contributed by atoms with Gasteiger partial charge in [-0.15, -0.1) is 0 Å². The van der Waals surface area contributed by atoms with Crippen molar-refractivity contribution >= 4 is 23.7 Å². The molecule has 8 N–H and O–H groups in total. The third kappa shape index (κ3) is 7.93. The summed E-state index contributed by atoms with van der Waals surface area (Å²) in [4.78, 5) is 55.8. The normalized spacial score (nSPS) is 15.8. The fourth-order valence-corrected chi connectivity index (χ4v) is 2.91. The molecule has 1 heterocycles. The Kier molecular flexibility index (Phi) is 10.8. The molecule has 0 saturated carbocycles. The summed E-state index contributed by atoms with van der Waals surface area (Å²) in [7, 11) is 0. The fourth-order valence-electron chi connectivity index (χ4n) is 2.91. The van der Waals surface area contributed by atoms with Crippen LogP contribution in [0.2, 0.25) is 0 Å². The molecule has 0 aromatic carbocycles. The number of rotatable bonds is 13. The molecule has 3 amide bonds. The van der Waals surface area contributed by atoms with Crippen LogP contribution in [0.15, 0.2) is 12.5 Å². The smallest absolute Gasteiger partial charge is 0.326 e. The van der Waals surface area contributed by atoms with Crippen molar-refractivity contribution in [3.8, 4) is 0 Å². The number of aliphatic hydroxyl groups is 1. The van der Waals surface area contributed by atoms with Gasteiger partial charge in [0.25, 0.3) is 0 Å². The number of amides is 3. The van der Waals surface area contributed by atoms with Gasteiger partial charge in [-0.2, -0.15) is 0 Å². The van der Waals surface area contributed by atoms with Crippen LogP contribution >= 0.6 is 0 Å². The molecule has 1 aromatic heterocycles. The Bertz CT molecular complexity index is 769. The summed E-state index contributed by atoms with van der Waals surface area (Å²) in [6, 6.07) is -4.51. The molecule has 0 aliphatic rings. The van der Waals surface area contributed by atoms with Crippen molar-refractivity contribution in [2.24, 2.45) is 17.6 Å². The Morgan fingerprint density at radius 1 is 1.06 bits per heavy atom. The van der Waals surface area contributed by atoms with Gasteiger partial charge in [-0.1, -0.05) is 34.1 Å². The summed E-state index contributed by atoms with van der Waals surface area (Å²) in [6.45, 7) is 6.14. The largest absolute Gasteiger partial charge is 0.480 e. The predicted molar refractivity (Wildman–Crippen MR) is 115 cm³/mol. The van der Waals surface area contributed by atoms with Crippen LogP contribution in [0.5, 0.6) is 0 Å². The van der Waals surface area contributed by atoms with Crippen molar-refractivity contribution < 1.29 is 29.4 Å². The van der Waals surface area contributed by atoms with E-state index in [1.807, 2.05) is 0 Å². The highest BCUT2D eigenvalue weighted by Crippen LogP contribution is 2.10. The molecular weight excluding hydrogens is 420 g/mol. The monoisotopic (exact) mass is 454 g/mol. The molecular formula is C20H34N6O6. The second-order valence-electron chi connectivity index (χ2n) is 8.07. The van der Waals surface area contributed by atoms with Crippen LogP contribution in [0.3, 0.4) is 0 Å². The third-order valence-electron chi connectivity index (χ3n) is 5.17. The van der Waals surface area contributed by atoms with E-state index in [-0.39, 0.29) is 18.3 Å². The van der Waals surface area contributed by atoms with Gasteiger partial charge >= 0.3 is 5.97 Å². The quantitative estimate of drug-likeness (QED) is 0.187. The van der Waals surface area contributed by atoms with E-state index in [1.165, 1.54) is 12.5 Å². The van der Waals surface area contributed by atoms with Crippen LogP contribution in [0, 0.1) is 11.8 Å². The third-order valence-corrected chi connectivity index (χ3v) is 5.17. The molecule has 0 aliphatic carbocycles. The number of H-pyrrole nitrogens is 1. The van der Waals surface area contributed by atoms with Crippen molar-refractivity contribution in [2.75, 3.05) is 6.61 Å². The number of nitrogens with two attached hydrogens (primary N) is 1. The van der Waals surface area contributed by atoms with E-state index < -0.39 is 54.5 Å². The zero-order valence-corrected chi connectivity index (χ0v) is 18.8. The number of imidazole rings is 1. The molecule has 0 fully saturated rings. The first-order chi connectivity index (χ1) is 15.0. The number of carbonyl (C=O) groups excluding carboxylic acids is 3. The zero-order valence-electron chi connectivity index (χ0n) is 18.8. The molecule has 0 aliphatic heterocycles. The standard InChI is InChI=1S/C20H34N6O6/c1-5-11(4)16(20(31)32)26-19(30)15(10(2)3)25-18(29)14(8-27)24-17(28)13(21)6-12-7-22-9-23-12/h7,9-11,13-16,27H,5-6,8,21H2,1-4H3,(H,22,23)(H,24,28)(H,25,29)(H,26,30)(H,31,32). The topological polar surface area (TPSA) is 200 Å². The zero-order chi connectivity index (χ0) is 24.4. The lowest BCUT2D eigenvalue weighted by Crippen LogP contribution is -2.59. The molecule has 0 spiro atoms. The molecule has 32 heavy (non-hydrogen) atoms. The number of carboxylic acid groups (broad SMARTS) is 1. The molecule has 12 heteroatoms. The molecule has 0 saturated heterocycles. The van der Waals surface area contributed by atoms with Gasteiger partial charge in [0.15, 0.2) is 0 Å². The number of nitrogens with zero attached hydrogens (tertiary/aromatic N) is 1. The molecule has 180 valence electrons. The molecule has 0 radical (unpaired) electrons. The number of aliphatic hydroxyl groups excluding tert-OH is 1. The van der Waals surface area contributed by atoms with Crippen molar-refractivity contribution in [1.29, 1.82) is 0 Å². The fraction of sp³-hybridized carbons (Fsp3) is 0.650. The van der Waals surface area contributed by atoms with Gasteiger partial charge in [0.1, 0.15) is 18.1 Å². The van der Waals surface area contributed by atoms with Crippen molar-refractivity contribution in [2.45, 2.75) is 64.7 Å². The number of carboxylic acids is 1. The van der Waals surface area contributed by atoms with Gasteiger partial charge in [-0.3, -0.25) is 14.4 Å². The number of hydrogen-bond donors (Lipinski definition) is 7. The van der Waals surface area contributed by atoms with E-state index in [4.69, 9.17) is 5.73 Å². The molecule has 12 nitrogen and oxygen atoms in total. The van der Waals surface area contributed by atoms with Gasteiger partial charge in [-0.05, 0) is 11.8 Å². The predicted octanol–water partition coefficient (Wildman–Crippen LogP) is -1.49. The summed E-state index contributed by atoms with van der Waals surface area (Å²) in [6.07, 6.45) is 3.64. The van der Waals surface area contributed by atoms with Crippen LogP contribution < -0.4 is 21.7 Å². The highest BCUT2D eigenvalue weighted by molar-refractivity contribution is 5.94. The average Bonchev–Trinajstić information content (AvgIpc) is 3.25. The van der Waals surface area contributed by atoms with Crippen molar-refractivity contribution in [3.05, 3.63) is 18.2 Å². The summed E-state index contributed by atoms with van der Waals surface area (Å²) >= 11 is 0. The summed E-state index contributed by atoms with van der Waals surface area (Å²) in [5, 5.41) is 26.3. The minimum Gasteiger partial charge on any atom is -0.480 e. The van der Waals surface area contributed by atoms with Crippen molar-refractivity contribution in [1.82, 2.24) is 25.9 Å². The molecule has 0 bridgehead atoms. The summed E-state index contributed by atoms with van der Waals surface area (Å²) in [5.74, 6) is -4.00. The Hall–Kier alpha value is -2.99. The number of aliphatic carboxylic acids is 1. The molecule has 1 rings (SSSR count). The van der Waals surface area contributed by atoms with Crippen LogP contribution in [-0.4, -0.2) is 74.6 Å². The van der Waals surface area contributed by atoms with Crippen LogP contribution in [0.4, 0.5) is 0 Å². The lowest BCUT2D eigenvalue weighted by atomic mass is 9.97. The minimum absolute atomic E-state index is 0.148. The highest BCUT2D eigenvalue weighted by Gasteiger charge is 2.33. The Labute approximate surface area is 186 Å². The number of hydrogen-bond acceptors (Lipinski definition) is 7. The number of nitrogens with one attached hydrogen (secondary N) is 4. The second-order valence-corrected chi connectivity index (χ2v) is 8.07. The van der Waals surface area contributed by atoms with Crippen LogP contribution in [0.1, 0.15) is 39.8 Å². The average molecular weight is 455 g/mol. The first kappa shape index (κ1) is 27.0. The first-order valence-electron chi connectivity index (χ1n) is 10.5. The lowest BCUT2D eigenvalue weighted by molar-refractivity contribution is -0.144. The van der Waals surface area contributed by atoms with E-state index >= 15 is 0 Å². The van der Waals surface area contributed by atoms with Gasteiger partial charge in [0.2, 0.25) is 17.7 Å². The molecule has 5 atom stereocenters. The molecule has 1 aromatic rings. The van der Waals surface area contributed by atoms with Gasteiger partial charge in [0, 0.05) is 18.3 Å². The second kappa shape index (κ2) is 12.8. The SMILES string of the molecule is CCC(C)C(NC(=O)C(NC(=O)C(CO)NC(=O)C(N)Cc1cnc[nH]1)C(C)C)C(=O)O. The molecule has 5 unspecified atom stereocenters. The van der Waals surface area contributed by atoms with Crippen molar-refractivity contribution in [3.63, 3.8) is 0 Å². The van der Waals surface area contributed by atoms with E-state index in [2.05, 4.69) is 25.9 Å². The van der Waals surface area contributed by atoms with E-state index in [0.717, 1.165) is 0 Å². The number of carbonyl (C=O) groups is 4. The van der Waals surface area contributed by atoms with Gasteiger partial charge in [0.05, 0.1) is 19.0 Å². The van der Waals surface area contributed by atoms with E-state index in [1.54, 1.807) is 27.7 Å². The Balaban J connectivity index is 2.80. The highest BCUT2D eigenvalue weighted by atomic mass is 16.4. The van der Waals surface area contributed by atoms with E-state index in [9.17, 15) is 29.4 Å². The summed E-state index contributed by atoms with van der Waals surface area (Å²) in [5.41, 5.74) is 6.47. The maximum absolute atomic E-state index is 12.7. The van der Waals surface area contributed by atoms with Gasteiger partial charge in [-0.25, -0.2) is 9.78 Å². The Morgan fingerprint density at radius 2 is 1.69 bits per heavy atom. The minimum atomic E-state index is -1.34. The number of aromatic amines is 1. The van der Waals surface area contributed by atoms with Crippen LogP contribution in [0.25, 0.3) is 0 Å². The lowest BCUT2D eigenvalue weighted by Gasteiger charge is -2.27. The maximum Gasteiger partial charge on any atom is 0.326 e. The summed E-state index contributed by atoms with van der Waals surface area (Å²) < 4.78 is 0. The number of aromatic nitrogens is 2. The van der Waals surface area contributed by atoms with Gasteiger partial charge < -0.3 is 36.9 Å². The Morgan fingerprint density at radius 3 is 2.16 bits per heavy atom. The van der Waals surface area contributed by atoms with E-state index in [0.29, 0.717) is 12.1 Å². The van der Waals surface area contributed by atoms with Crippen LogP contribution in [-0.2, 0) is 25.6 Å².